The van der Waals surface area contributed by atoms with Gasteiger partial charge in [-0.05, 0) is 66.7 Å². The van der Waals surface area contributed by atoms with Gasteiger partial charge in [0.25, 0.3) is 0 Å². The first-order valence-corrected chi connectivity index (χ1v) is 29.8. The van der Waals surface area contributed by atoms with Gasteiger partial charge in [-0.15, -0.1) is 18.2 Å². The molecular formula is C57H55GeIrN3S-2. The van der Waals surface area contributed by atoms with Crippen LogP contribution in [0.3, 0.4) is 0 Å². The maximum absolute atomic E-state index is 8.49. The Labute approximate surface area is 399 Å². The number of para-hydroxylation sites is 3. The minimum Gasteiger partial charge on any atom is 0 e. The van der Waals surface area contributed by atoms with E-state index in [9.17, 15) is 0 Å². The molecule has 7 aromatic carbocycles. The van der Waals surface area contributed by atoms with Crippen molar-refractivity contribution < 1.29 is 25.6 Å². The summed E-state index contributed by atoms with van der Waals surface area (Å²) in [6.07, 6.45) is 1.91. The van der Waals surface area contributed by atoms with Crippen LogP contribution in [0.5, 0.6) is 0 Å². The molecule has 0 unspecified atom stereocenters. The van der Waals surface area contributed by atoms with Gasteiger partial charge in [0.1, 0.15) is 0 Å². The molecule has 0 bridgehead atoms. The van der Waals surface area contributed by atoms with Gasteiger partial charge in [0.2, 0.25) is 0 Å². The van der Waals surface area contributed by atoms with Crippen LogP contribution in [0.25, 0.3) is 81.1 Å². The van der Waals surface area contributed by atoms with Gasteiger partial charge in [0.05, 0.1) is 16.9 Å². The molecule has 0 atom stereocenters. The molecule has 3 nitrogen and oxygen atoms in total. The van der Waals surface area contributed by atoms with E-state index in [0.717, 1.165) is 39.2 Å². The van der Waals surface area contributed by atoms with Gasteiger partial charge in [-0.3, -0.25) is 4.98 Å². The van der Waals surface area contributed by atoms with Crippen molar-refractivity contribution in [1.82, 2.24) is 14.5 Å². The summed E-state index contributed by atoms with van der Waals surface area (Å²) < 4.78 is 37.0. The second-order valence-electron chi connectivity index (χ2n) is 18.2. The Morgan fingerprint density at radius 3 is 2.06 bits per heavy atom. The average molecular weight is 1080 g/mol. The van der Waals surface area contributed by atoms with Crippen LogP contribution in [-0.4, -0.2) is 27.8 Å². The predicted octanol–water partition coefficient (Wildman–Crippen LogP) is 15.9. The number of pyridine rings is 1. The summed E-state index contributed by atoms with van der Waals surface area (Å²) in [7, 11) is 0. The van der Waals surface area contributed by atoms with Crippen molar-refractivity contribution in [2.75, 3.05) is 0 Å². The molecule has 10 aromatic rings. The zero-order valence-corrected chi connectivity index (χ0v) is 42.7. The molecular weight excluding hydrogens is 1020 g/mol. The summed E-state index contributed by atoms with van der Waals surface area (Å²) in [6.45, 7) is 10.8. The summed E-state index contributed by atoms with van der Waals surface area (Å²) in [5.41, 5.74) is 9.90. The largest absolute Gasteiger partial charge is 0 e. The molecule has 0 spiro atoms. The van der Waals surface area contributed by atoms with Gasteiger partial charge >= 0.3 is 131 Å². The fourth-order valence-electron chi connectivity index (χ4n) is 8.84. The van der Waals surface area contributed by atoms with Crippen LogP contribution in [0.2, 0.25) is 17.3 Å². The van der Waals surface area contributed by atoms with Gasteiger partial charge in [0.15, 0.2) is 0 Å². The van der Waals surface area contributed by atoms with E-state index in [4.69, 9.17) is 10.5 Å². The Morgan fingerprint density at radius 1 is 0.683 bits per heavy atom. The Bertz CT molecular complexity index is 3420. The maximum Gasteiger partial charge on any atom is 0 e. The molecule has 0 N–H and O–H groups in total. The van der Waals surface area contributed by atoms with Gasteiger partial charge in [-0.25, -0.2) is 0 Å². The molecule has 1 radical (unpaired) electrons. The summed E-state index contributed by atoms with van der Waals surface area (Å²) in [5, 5.41) is 7.74. The quantitative estimate of drug-likeness (QED) is 0.0905. The predicted molar refractivity (Wildman–Crippen MR) is 272 cm³/mol. The Balaban J connectivity index is 0.000000209. The van der Waals surface area contributed by atoms with E-state index >= 15 is 0 Å². The van der Waals surface area contributed by atoms with Gasteiger partial charge < -0.3 is 4.57 Å². The number of benzene rings is 7. The number of aromatic nitrogens is 3. The molecule has 6 heteroatoms. The number of rotatable bonds is 7. The van der Waals surface area contributed by atoms with E-state index < -0.39 is 26.0 Å². The topological polar surface area (TPSA) is 30.7 Å². The van der Waals surface area contributed by atoms with Crippen LogP contribution in [0, 0.1) is 19.0 Å². The first kappa shape index (κ1) is 39.7. The van der Waals surface area contributed by atoms with Gasteiger partial charge in [-0.1, -0.05) is 118 Å². The van der Waals surface area contributed by atoms with Crippen molar-refractivity contribution in [3.05, 3.63) is 168 Å². The molecule has 0 aliphatic rings. The van der Waals surface area contributed by atoms with Crippen LogP contribution in [0.15, 0.2) is 134 Å². The number of thiophene rings is 1. The number of fused-ring (bicyclic) bond motifs is 8. The second kappa shape index (κ2) is 17.9. The van der Waals surface area contributed by atoms with Crippen molar-refractivity contribution in [3.8, 4) is 28.3 Å². The van der Waals surface area contributed by atoms with E-state index in [2.05, 4.69) is 170 Å². The molecule has 319 valence electrons. The summed E-state index contributed by atoms with van der Waals surface area (Å²) in [4.78, 5) is 9.90. The van der Waals surface area contributed by atoms with Crippen molar-refractivity contribution >= 4 is 81.7 Å². The normalized spacial score (nSPS) is 13.3. The summed E-state index contributed by atoms with van der Waals surface area (Å²) >= 11 is -0.269. The fourth-order valence-corrected chi connectivity index (χ4v) is 13.5. The molecule has 63 heavy (non-hydrogen) atoms. The zero-order valence-electron chi connectivity index (χ0n) is 41.4. The SMILES string of the molecule is CC(C)c1cccc(C(C)C)c1-n1c(-c2[c-]ccc3c2sc2c3ccc3c4ccccc4ccc32)nc2ccccc21.[2H]C([2H])([2H])c1c[c-]c(-c2cc(C([2H])(C)C)[c]([Ge]([CH3])([CH3])[CH3])cn2)cc1.[Ir]. The zero-order chi connectivity index (χ0) is 46.9. The van der Waals surface area contributed by atoms with Crippen molar-refractivity contribution in [2.24, 2.45) is 0 Å². The Kier molecular flexibility index (Phi) is 11.3. The van der Waals surface area contributed by atoms with E-state index in [1.807, 2.05) is 37.4 Å². The molecule has 0 aliphatic carbocycles. The van der Waals surface area contributed by atoms with Crippen LogP contribution in [0.1, 0.15) is 87.0 Å². The monoisotopic (exact) mass is 1080 g/mol. The number of aryl methyl sites for hydroxylation is 1. The Morgan fingerprint density at radius 2 is 1.37 bits per heavy atom. The number of nitrogens with zero attached hydrogens (tertiary/aromatic N) is 3. The average Bonchev–Trinajstić information content (AvgIpc) is 3.87. The van der Waals surface area contributed by atoms with Crippen molar-refractivity contribution in [3.63, 3.8) is 0 Å². The molecule has 0 fully saturated rings. The molecule has 0 amide bonds. The molecule has 0 saturated heterocycles. The van der Waals surface area contributed by atoms with Crippen LogP contribution in [-0.2, 0) is 20.1 Å². The van der Waals surface area contributed by atoms with Crippen LogP contribution in [0.4, 0.5) is 0 Å². The first-order valence-electron chi connectivity index (χ1n) is 23.6. The fraction of sp³-hybridized carbons (Fsp3) is 0.228. The minimum absolute atomic E-state index is 0. The van der Waals surface area contributed by atoms with Crippen LogP contribution < -0.4 is 4.40 Å². The third kappa shape index (κ3) is 8.35. The standard InChI is InChI=1S/C39H31N2S.C18H24GeN.Ir/c1-23(2)26-13-9-14-27(24(3)4)36(26)41-35-18-8-7-17-34(35)40-39(41)33-16-10-15-30-32-22-21-29-28-12-6-5-11-25(28)19-20-31(29)37(32)42-38(30)33;1-13(2)16-11-18(15-9-7-14(3)8-10-15)20-12-17(16)19(4,5)6;/h5-15,17-24H,1-4H3;7-9,11-13H,1-6H3;/q2*-1;/i;3D3,13D;. The van der Waals surface area contributed by atoms with E-state index in [-0.39, 0.29) is 25.7 Å². The van der Waals surface area contributed by atoms with E-state index in [1.165, 1.54) is 69.0 Å². The summed E-state index contributed by atoms with van der Waals surface area (Å²) in [6, 6.07) is 51.0. The number of hydrogen-bond donors (Lipinski definition) is 0. The second-order valence-corrected chi connectivity index (χ2v) is 29.8. The Hall–Kier alpha value is -4.91. The molecule has 3 heterocycles. The smallest absolute Gasteiger partial charge is 0 e. The van der Waals surface area contributed by atoms with Crippen LogP contribution >= 0.6 is 11.3 Å². The minimum atomic E-state index is -2.14. The van der Waals surface area contributed by atoms with Gasteiger partial charge in [0, 0.05) is 30.5 Å². The van der Waals surface area contributed by atoms with Crippen molar-refractivity contribution in [1.29, 1.82) is 0 Å². The molecule has 3 aromatic heterocycles. The molecule has 10 rings (SSSR count). The number of hydrogen-bond acceptors (Lipinski definition) is 3. The maximum atomic E-state index is 8.49. The first-order chi connectivity index (χ1) is 31.3. The molecule has 0 saturated carbocycles. The summed E-state index contributed by atoms with van der Waals surface area (Å²) in [5.74, 6) is 7.88. The van der Waals surface area contributed by atoms with E-state index in [0.29, 0.717) is 11.8 Å². The third-order valence-electron chi connectivity index (χ3n) is 12.0. The molecule has 0 aliphatic heterocycles. The van der Waals surface area contributed by atoms with Gasteiger partial charge in [-0.2, -0.15) is 11.3 Å². The number of imidazole rings is 1. The van der Waals surface area contributed by atoms with E-state index in [1.54, 1.807) is 12.1 Å². The van der Waals surface area contributed by atoms with Crippen molar-refractivity contribution in [2.45, 2.75) is 83.4 Å². The third-order valence-corrected chi connectivity index (χ3v) is 17.5.